The molecular formula is C13H13FS. The summed E-state index contributed by atoms with van der Waals surface area (Å²) in [6, 6.07) is 11.9. The second-order valence-corrected chi connectivity index (χ2v) is 4.33. The van der Waals surface area contributed by atoms with Gasteiger partial charge in [0.15, 0.2) is 0 Å². The zero-order chi connectivity index (χ0) is 10.5. The van der Waals surface area contributed by atoms with Crippen LogP contribution in [-0.2, 0) is 6.42 Å². The zero-order valence-corrected chi connectivity index (χ0v) is 9.21. The Morgan fingerprint density at radius 3 is 2.60 bits per heavy atom. The third-order valence-corrected chi connectivity index (χ3v) is 3.14. The Morgan fingerprint density at radius 2 is 1.93 bits per heavy atom. The third kappa shape index (κ3) is 2.90. The molecule has 78 valence electrons. The molecule has 15 heavy (non-hydrogen) atoms. The minimum atomic E-state index is -0.823. The van der Waals surface area contributed by atoms with Crippen molar-refractivity contribution in [2.24, 2.45) is 0 Å². The summed E-state index contributed by atoms with van der Waals surface area (Å²) in [5.41, 5.74) is 2.02. The summed E-state index contributed by atoms with van der Waals surface area (Å²) in [7, 11) is 0. The number of halogens is 1. The number of hydrogen-bond donors (Lipinski definition) is 0. The van der Waals surface area contributed by atoms with Gasteiger partial charge in [-0.15, -0.1) is 0 Å². The number of rotatable bonds is 4. The van der Waals surface area contributed by atoms with Crippen LogP contribution in [0.2, 0.25) is 0 Å². The Balaban J connectivity index is 1.89. The lowest BCUT2D eigenvalue weighted by atomic mass is 10.0. The van der Waals surface area contributed by atoms with Gasteiger partial charge in [0.05, 0.1) is 0 Å². The molecule has 0 spiro atoms. The zero-order valence-electron chi connectivity index (χ0n) is 8.40. The molecule has 0 nitrogen and oxygen atoms in total. The van der Waals surface area contributed by atoms with E-state index in [4.69, 9.17) is 0 Å². The van der Waals surface area contributed by atoms with Gasteiger partial charge in [0, 0.05) is 0 Å². The molecule has 0 fully saturated rings. The van der Waals surface area contributed by atoms with Crippen LogP contribution < -0.4 is 0 Å². The lowest BCUT2D eigenvalue weighted by Gasteiger charge is -2.05. The van der Waals surface area contributed by atoms with Crippen molar-refractivity contribution < 1.29 is 4.39 Å². The summed E-state index contributed by atoms with van der Waals surface area (Å²) in [6.07, 6.45) is 0.551. The second kappa shape index (κ2) is 5.08. The lowest BCUT2D eigenvalue weighted by Crippen LogP contribution is -1.93. The van der Waals surface area contributed by atoms with Gasteiger partial charge in [0.2, 0.25) is 0 Å². The first kappa shape index (κ1) is 10.4. The summed E-state index contributed by atoms with van der Waals surface area (Å²) >= 11 is 1.55. The van der Waals surface area contributed by atoms with Gasteiger partial charge in [-0.05, 0) is 40.8 Å². The Labute approximate surface area is 93.4 Å². The van der Waals surface area contributed by atoms with Crippen LogP contribution in [0.3, 0.4) is 0 Å². The van der Waals surface area contributed by atoms with Crippen molar-refractivity contribution in [3.05, 3.63) is 58.3 Å². The molecule has 1 aromatic heterocycles. The van der Waals surface area contributed by atoms with E-state index in [0.717, 1.165) is 12.0 Å². The Morgan fingerprint density at radius 1 is 1.13 bits per heavy atom. The van der Waals surface area contributed by atoms with Gasteiger partial charge >= 0.3 is 0 Å². The van der Waals surface area contributed by atoms with Crippen molar-refractivity contribution in [2.45, 2.75) is 19.0 Å². The quantitative estimate of drug-likeness (QED) is 0.716. The molecule has 0 radical (unpaired) electrons. The molecule has 0 aliphatic carbocycles. The Bertz CT molecular complexity index is 380. The summed E-state index contributed by atoms with van der Waals surface area (Å²) < 4.78 is 13.7. The topological polar surface area (TPSA) is 0 Å². The van der Waals surface area contributed by atoms with Gasteiger partial charge in [-0.25, -0.2) is 4.39 Å². The molecule has 0 aliphatic rings. The van der Waals surface area contributed by atoms with Crippen molar-refractivity contribution in [2.75, 3.05) is 0 Å². The first-order valence-corrected chi connectivity index (χ1v) is 6.00. The predicted octanol–water partition coefficient (Wildman–Crippen LogP) is 4.39. The molecule has 0 bridgehead atoms. The minimum Gasteiger partial charge on any atom is -0.242 e. The monoisotopic (exact) mass is 220 g/mol. The van der Waals surface area contributed by atoms with Crippen LogP contribution in [-0.4, -0.2) is 0 Å². The van der Waals surface area contributed by atoms with Crippen LogP contribution in [0.5, 0.6) is 0 Å². The van der Waals surface area contributed by atoms with Gasteiger partial charge in [0.1, 0.15) is 6.17 Å². The normalized spacial score (nSPS) is 12.6. The fourth-order valence-electron chi connectivity index (χ4n) is 1.56. The van der Waals surface area contributed by atoms with E-state index >= 15 is 0 Å². The van der Waals surface area contributed by atoms with Crippen LogP contribution in [0, 0.1) is 0 Å². The molecule has 1 unspecified atom stereocenters. The third-order valence-electron chi connectivity index (χ3n) is 2.43. The van der Waals surface area contributed by atoms with E-state index in [9.17, 15) is 4.39 Å². The molecular weight excluding hydrogens is 207 g/mol. The van der Waals surface area contributed by atoms with Gasteiger partial charge in [-0.3, -0.25) is 0 Å². The number of hydrogen-bond acceptors (Lipinski definition) is 1. The first-order chi connectivity index (χ1) is 7.36. The highest BCUT2D eigenvalue weighted by atomic mass is 32.1. The molecule has 2 heteroatoms. The lowest BCUT2D eigenvalue weighted by molar-refractivity contribution is 0.324. The Hall–Kier alpha value is -1.15. The molecule has 1 atom stereocenters. The number of benzene rings is 1. The number of aryl methyl sites for hydroxylation is 1. The van der Waals surface area contributed by atoms with Crippen LogP contribution in [0.25, 0.3) is 0 Å². The van der Waals surface area contributed by atoms with Crippen molar-refractivity contribution in [3.63, 3.8) is 0 Å². The average Bonchev–Trinajstić information content (AvgIpc) is 2.81. The molecule has 0 amide bonds. The summed E-state index contributed by atoms with van der Waals surface area (Å²) in [5.74, 6) is 0. The van der Waals surface area contributed by atoms with E-state index in [1.54, 1.807) is 11.3 Å². The molecule has 1 aromatic carbocycles. The molecule has 2 rings (SSSR count). The van der Waals surface area contributed by atoms with E-state index in [-0.39, 0.29) is 0 Å². The van der Waals surface area contributed by atoms with E-state index < -0.39 is 6.17 Å². The van der Waals surface area contributed by atoms with E-state index in [1.165, 1.54) is 5.56 Å². The molecule has 1 heterocycles. The van der Waals surface area contributed by atoms with Crippen LogP contribution in [0.15, 0.2) is 47.2 Å². The summed E-state index contributed by atoms with van der Waals surface area (Å²) in [5, 5.41) is 3.81. The maximum absolute atomic E-state index is 13.7. The number of alkyl halides is 1. The van der Waals surface area contributed by atoms with Crippen molar-refractivity contribution in [1.82, 2.24) is 0 Å². The van der Waals surface area contributed by atoms with Gasteiger partial charge in [-0.2, -0.15) is 11.3 Å². The van der Waals surface area contributed by atoms with Crippen LogP contribution >= 0.6 is 11.3 Å². The second-order valence-electron chi connectivity index (χ2n) is 3.55. The fraction of sp³-hybridized carbons (Fsp3) is 0.231. The SMILES string of the molecule is FC(CCc1ccccc1)c1ccsc1. The van der Waals surface area contributed by atoms with Crippen LogP contribution in [0.1, 0.15) is 23.7 Å². The van der Waals surface area contributed by atoms with E-state index in [2.05, 4.69) is 0 Å². The standard InChI is InChI=1S/C13H13FS/c14-13(12-8-9-15-10-12)7-6-11-4-2-1-3-5-11/h1-5,8-10,13H,6-7H2. The number of thiophene rings is 1. The van der Waals surface area contributed by atoms with Crippen molar-refractivity contribution in [1.29, 1.82) is 0 Å². The summed E-state index contributed by atoms with van der Waals surface area (Å²) in [4.78, 5) is 0. The molecule has 0 saturated heterocycles. The van der Waals surface area contributed by atoms with Crippen molar-refractivity contribution in [3.8, 4) is 0 Å². The maximum atomic E-state index is 13.7. The maximum Gasteiger partial charge on any atom is 0.126 e. The largest absolute Gasteiger partial charge is 0.242 e. The van der Waals surface area contributed by atoms with Crippen LogP contribution in [0.4, 0.5) is 4.39 Å². The fourth-order valence-corrected chi connectivity index (χ4v) is 2.26. The molecule has 2 aromatic rings. The Kier molecular flexibility index (Phi) is 3.51. The minimum absolute atomic E-state index is 0.570. The van der Waals surface area contributed by atoms with E-state index in [1.807, 2.05) is 47.2 Å². The van der Waals surface area contributed by atoms with E-state index in [0.29, 0.717) is 6.42 Å². The predicted molar refractivity (Wildman–Crippen MR) is 62.9 cm³/mol. The van der Waals surface area contributed by atoms with Crippen molar-refractivity contribution >= 4 is 11.3 Å². The highest BCUT2D eigenvalue weighted by molar-refractivity contribution is 7.07. The smallest absolute Gasteiger partial charge is 0.126 e. The molecule has 0 N–H and O–H groups in total. The molecule has 0 saturated carbocycles. The first-order valence-electron chi connectivity index (χ1n) is 5.06. The van der Waals surface area contributed by atoms with Gasteiger partial charge < -0.3 is 0 Å². The highest BCUT2D eigenvalue weighted by Crippen LogP contribution is 2.24. The summed E-state index contributed by atoms with van der Waals surface area (Å²) in [6.45, 7) is 0. The van der Waals surface area contributed by atoms with Gasteiger partial charge in [-0.1, -0.05) is 30.3 Å². The highest BCUT2D eigenvalue weighted by Gasteiger charge is 2.09. The molecule has 0 aliphatic heterocycles. The van der Waals surface area contributed by atoms with Gasteiger partial charge in [0.25, 0.3) is 0 Å². The average molecular weight is 220 g/mol.